The first-order chi connectivity index (χ1) is 11.1. The average Bonchev–Trinajstić information content (AvgIpc) is 2.54. The van der Waals surface area contributed by atoms with Gasteiger partial charge in [-0.25, -0.2) is 0 Å². The Kier molecular flexibility index (Phi) is 8.43. The zero-order valence-corrected chi connectivity index (χ0v) is 15.4. The van der Waals surface area contributed by atoms with Crippen molar-refractivity contribution in [3.8, 4) is 0 Å². The lowest BCUT2D eigenvalue weighted by atomic mass is 10.1. The second kappa shape index (κ2) is 10.1. The molecule has 0 fully saturated rings. The van der Waals surface area contributed by atoms with Crippen molar-refractivity contribution in [1.29, 1.82) is 0 Å². The monoisotopic (exact) mass is 427 g/mol. The first-order valence-electron chi connectivity index (χ1n) is 6.52. The molecule has 1 N–H and O–H groups in total. The summed E-state index contributed by atoms with van der Waals surface area (Å²) < 4.78 is 0.913. The third-order valence-corrected chi connectivity index (χ3v) is 4.15. The Hall–Kier alpha value is -1.92. The summed E-state index contributed by atoms with van der Waals surface area (Å²) in [5.74, 6) is 0. The van der Waals surface area contributed by atoms with Crippen LogP contribution in [0.5, 0.6) is 0 Å². The van der Waals surface area contributed by atoms with E-state index in [0.29, 0.717) is 29.5 Å². The summed E-state index contributed by atoms with van der Waals surface area (Å²) in [6.07, 6.45) is 0. The van der Waals surface area contributed by atoms with Gasteiger partial charge in [-0.1, -0.05) is 49.9 Å². The highest BCUT2D eigenvalue weighted by molar-refractivity contribution is 9.10. The number of nitrogens with zero attached hydrogens (tertiary/aromatic N) is 6. The number of halogens is 3. The van der Waals surface area contributed by atoms with Gasteiger partial charge in [0.1, 0.15) is 0 Å². The Morgan fingerprint density at radius 2 is 1.50 bits per heavy atom. The van der Waals surface area contributed by atoms with Gasteiger partial charge in [-0.2, -0.15) is 0 Å². The van der Waals surface area contributed by atoms with E-state index < -0.39 is 0 Å². The van der Waals surface area contributed by atoms with E-state index in [1.54, 1.807) is 30.3 Å². The van der Waals surface area contributed by atoms with Gasteiger partial charge in [0.15, 0.2) is 0 Å². The maximum Gasteiger partial charge on any atom is 0.0451 e. The minimum Gasteiger partial charge on any atom is -0.309 e. The second-order valence-electron chi connectivity index (χ2n) is 4.53. The van der Waals surface area contributed by atoms with Gasteiger partial charge < -0.3 is 5.32 Å². The largest absolute Gasteiger partial charge is 0.309 e. The summed E-state index contributed by atoms with van der Waals surface area (Å²) in [4.78, 5) is 5.53. The maximum atomic E-state index is 8.49. The minimum absolute atomic E-state index is 0. The third-order valence-electron chi connectivity index (χ3n) is 3.01. The number of nitrogens with one attached hydrogen (secondary N) is 1. The Balaban J connectivity index is 0.00000288. The fraction of sp³-hybridized carbons (Fsp3) is 0.143. The number of benzene rings is 2. The molecule has 0 saturated heterocycles. The van der Waals surface area contributed by atoms with Crippen molar-refractivity contribution in [2.45, 2.75) is 13.1 Å². The van der Waals surface area contributed by atoms with Crippen LogP contribution in [0.1, 0.15) is 11.1 Å². The van der Waals surface area contributed by atoms with Crippen molar-refractivity contribution in [3.63, 3.8) is 0 Å². The second-order valence-corrected chi connectivity index (χ2v) is 5.80. The fourth-order valence-corrected chi connectivity index (χ4v) is 2.52. The van der Waals surface area contributed by atoms with Crippen LogP contribution < -0.4 is 5.32 Å². The smallest absolute Gasteiger partial charge is 0.0451 e. The number of hydrogen-bond acceptors (Lipinski definition) is 3. The lowest BCUT2D eigenvalue weighted by Gasteiger charge is -2.09. The van der Waals surface area contributed by atoms with Gasteiger partial charge in [0.2, 0.25) is 0 Å². The highest BCUT2D eigenvalue weighted by Gasteiger charge is 2.04. The first-order valence-corrected chi connectivity index (χ1v) is 7.69. The van der Waals surface area contributed by atoms with Crippen LogP contribution in [0.25, 0.3) is 20.9 Å². The van der Waals surface area contributed by atoms with Crippen LogP contribution in [0.4, 0.5) is 11.4 Å². The average molecular weight is 429 g/mol. The molecule has 124 valence electrons. The van der Waals surface area contributed by atoms with Crippen molar-refractivity contribution in [1.82, 2.24) is 5.32 Å². The molecular weight excluding hydrogens is 417 g/mol. The lowest BCUT2D eigenvalue weighted by Crippen LogP contribution is -2.13. The van der Waals surface area contributed by atoms with Crippen molar-refractivity contribution >= 4 is 51.3 Å². The van der Waals surface area contributed by atoms with Crippen LogP contribution in [0.3, 0.4) is 0 Å². The predicted octanol–water partition coefficient (Wildman–Crippen LogP) is 6.70. The van der Waals surface area contributed by atoms with Crippen LogP contribution in [0.15, 0.2) is 51.1 Å². The van der Waals surface area contributed by atoms with Crippen LogP contribution in [0.2, 0.25) is 5.02 Å². The van der Waals surface area contributed by atoms with Gasteiger partial charge in [0.05, 0.1) is 0 Å². The van der Waals surface area contributed by atoms with E-state index in [1.807, 2.05) is 6.07 Å². The van der Waals surface area contributed by atoms with Crippen LogP contribution in [-0.2, 0) is 13.1 Å². The van der Waals surface area contributed by atoms with E-state index in [1.165, 1.54) is 0 Å². The van der Waals surface area contributed by atoms with Crippen molar-refractivity contribution in [2.24, 2.45) is 10.2 Å². The zero-order chi connectivity index (χ0) is 16.7. The molecule has 24 heavy (non-hydrogen) atoms. The summed E-state index contributed by atoms with van der Waals surface area (Å²) in [5.41, 5.74) is 19.8. The number of hydrogen-bond donors (Lipinski definition) is 1. The van der Waals surface area contributed by atoms with Crippen LogP contribution in [-0.4, -0.2) is 0 Å². The molecule has 0 radical (unpaired) electrons. The quantitative estimate of drug-likeness (QED) is 0.308. The molecule has 0 spiro atoms. The molecule has 0 bridgehead atoms. The molecule has 0 amide bonds. The zero-order valence-electron chi connectivity index (χ0n) is 12.2. The predicted molar refractivity (Wildman–Crippen MR) is 101 cm³/mol. The molecule has 2 aromatic carbocycles. The van der Waals surface area contributed by atoms with Gasteiger partial charge in [0, 0.05) is 43.8 Å². The summed E-state index contributed by atoms with van der Waals surface area (Å²) in [6.45, 7) is 1.06. The van der Waals surface area contributed by atoms with E-state index >= 15 is 0 Å². The van der Waals surface area contributed by atoms with Crippen molar-refractivity contribution < 1.29 is 0 Å². The molecule has 0 aliphatic heterocycles. The Morgan fingerprint density at radius 3 is 2.12 bits per heavy atom. The van der Waals surface area contributed by atoms with E-state index in [-0.39, 0.29) is 12.4 Å². The summed E-state index contributed by atoms with van der Waals surface area (Å²) in [5, 5.41) is 11.0. The van der Waals surface area contributed by atoms with Crippen molar-refractivity contribution in [2.75, 3.05) is 0 Å². The molecular formula is C14H12BrCl2N7. The maximum absolute atomic E-state index is 8.49. The van der Waals surface area contributed by atoms with E-state index in [0.717, 1.165) is 15.6 Å². The molecule has 7 nitrogen and oxygen atoms in total. The summed E-state index contributed by atoms with van der Waals surface area (Å²) in [7, 11) is 0. The molecule has 2 rings (SSSR count). The fourth-order valence-electron chi connectivity index (χ4n) is 1.95. The number of azide groups is 2. The van der Waals surface area contributed by atoms with E-state index in [2.05, 4.69) is 41.3 Å². The normalized spacial score (nSPS) is 9.42. The number of rotatable bonds is 6. The first kappa shape index (κ1) is 20.1. The Labute approximate surface area is 157 Å². The topological polar surface area (TPSA) is 110 Å². The van der Waals surface area contributed by atoms with E-state index in [9.17, 15) is 0 Å². The molecule has 0 aliphatic rings. The summed E-state index contributed by atoms with van der Waals surface area (Å²) in [6, 6.07) is 10.4. The highest BCUT2D eigenvalue weighted by atomic mass is 79.9. The van der Waals surface area contributed by atoms with Gasteiger partial charge >= 0.3 is 0 Å². The third kappa shape index (κ3) is 5.62. The molecule has 0 aromatic heterocycles. The van der Waals surface area contributed by atoms with Gasteiger partial charge in [-0.3, -0.25) is 0 Å². The standard InChI is InChI=1S/C14H11BrClN7.ClH/c15-13-3-1-11(20-22-17)5-9(13)7-19-8-10-6-12(21-23-18)2-4-14(10)16;/h1-6,19H,7-8H2;1H. The van der Waals surface area contributed by atoms with Gasteiger partial charge in [0.25, 0.3) is 0 Å². The molecule has 0 aliphatic carbocycles. The van der Waals surface area contributed by atoms with Gasteiger partial charge in [-0.05, 0) is 46.5 Å². The Morgan fingerprint density at radius 1 is 0.958 bits per heavy atom. The lowest BCUT2D eigenvalue weighted by molar-refractivity contribution is 0.692. The van der Waals surface area contributed by atoms with Gasteiger partial charge in [-0.15, -0.1) is 12.4 Å². The summed E-state index contributed by atoms with van der Waals surface area (Å²) >= 11 is 9.60. The molecule has 0 saturated carbocycles. The molecule has 0 atom stereocenters. The minimum atomic E-state index is 0. The molecule has 0 unspecified atom stereocenters. The van der Waals surface area contributed by atoms with Crippen LogP contribution in [0, 0.1) is 0 Å². The van der Waals surface area contributed by atoms with Crippen molar-refractivity contribution in [3.05, 3.63) is 77.9 Å². The molecule has 0 heterocycles. The van der Waals surface area contributed by atoms with Crippen LogP contribution >= 0.6 is 39.9 Å². The molecule has 10 heteroatoms. The SMILES string of the molecule is Cl.[N-]=[N+]=Nc1ccc(Cl)c(CNCc2cc(N=[N+]=[N-])ccc2Br)c1. The van der Waals surface area contributed by atoms with E-state index in [4.69, 9.17) is 22.7 Å². The highest BCUT2D eigenvalue weighted by Crippen LogP contribution is 2.25. The molecule has 2 aromatic rings. The Bertz CT molecular complexity index is 747.